The van der Waals surface area contributed by atoms with Crippen molar-refractivity contribution in [1.82, 2.24) is 25.3 Å². The lowest BCUT2D eigenvalue weighted by Gasteiger charge is -2.20. The third-order valence-electron chi connectivity index (χ3n) is 5.37. The van der Waals surface area contributed by atoms with Crippen LogP contribution in [0.2, 0.25) is 0 Å². The molecular formula is C22H23N6O4+. The van der Waals surface area contributed by atoms with Crippen molar-refractivity contribution in [3.8, 4) is 11.3 Å². The van der Waals surface area contributed by atoms with E-state index < -0.39 is 17.2 Å². The molecule has 32 heavy (non-hydrogen) atoms. The molecule has 4 heterocycles. The van der Waals surface area contributed by atoms with Crippen molar-refractivity contribution in [1.29, 1.82) is 0 Å². The number of aromatic amines is 3. The predicted octanol–water partition coefficient (Wildman–Crippen LogP) is 0.845. The van der Waals surface area contributed by atoms with Gasteiger partial charge >= 0.3 is 11.5 Å². The Balaban J connectivity index is 1.73. The van der Waals surface area contributed by atoms with E-state index in [2.05, 4.69) is 25.3 Å². The van der Waals surface area contributed by atoms with Gasteiger partial charge in [0.25, 0.3) is 17.0 Å². The maximum atomic E-state index is 13.1. The number of nitrogens with one attached hydrogen (secondary N) is 4. The Morgan fingerprint density at radius 2 is 1.88 bits per heavy atom. The molecule has 10 heteroatoms. The first-order chi connectivity index (χ1) is 15.2. The van der Waals surface area contributed by atoms with Crippen LogP contribution in [0.3, 0.4) is 0 Å². The summed E-state index contributed by atoms with van der Waals surface area (Å²) in [6.45, 7) is 7.63. The summed E-state index contributed by atoms with van der Waals surface area (Å²) in [6, 6.07) is 3.46. The van der Waals surface area contributed by atoms with Gasteiger partial charge in [0, 0.05) is 30.1 Å². The molecule has 1 amide bonds. The van der Waals surface area contributed by atoms with Crippen LogP contribution in [0, 0.1) is 13.8 Å². The molecule has 3 aromatic heterocycles. The minimum absolute atomic E-state index is 0.0554. The number of H-pyrrole nitrogens is 3. The van der Waals surface area contributed by atoms with Crippen molar-refractivity contribution in [2.24, 2.45) is 0 Å². The number of carbonyl (C=O) groups excluding carboxylic acids is 1. The third kappa shape index (κ3) is 3.70. The molecule has 3 aromatic rings. The summed E-state index contributed by atoms with van der Waals surface area (Å²) in [5, 5.41) is 2.80. The Labute approximate surface area is 182 Å². The molecule has 164 valence electrons. The van der Waals surface area contributed by atoms with Gasteiger partial charge in [-0.1, -0.05) is 0 Å². The van der Waals surface area contributed by atoms with Crippen LogP contribution in [0.15, 0.2) is 32.7 Å². The smallest absolute Gasteiger partial charge is 0.335 e. The van der Waals surface area contributed by atoms with Gasteiger partial charge in [-0.3, -0.25) is 19.4 Å². The molecule has 0 unspecified atom stereocenters. The van der Waals surface area contributed by atoms with E-state index >= 15 is 0 Å². The second kappa shape index (κ2) is 7.88. The molecule has 0 fully saturated rings. The molecule has 0 aliphatic carbocycles. The molecule has 0 bridgehead atoms. The van der Waals surface area contributed by atoms with Crippen molar-refractivity contribution >= 4 is 17.9 Å². The molecular weight excluding hydrogens is 412 g/mol. The first-order valence-electron chi connectivity index (χ1n) is 10.1. The minimum Gasteiger partial charge on any atom is -0.348 e. The van der Waals surface area contributed by atoms with Crippen LogP contribution >= 0.6 is 0 Å². The Morgan fingerprint density at radius 1 is 1.12 bits per heavy atom. The van der Waals surface area contributed by atoms with E-state index in [9.17, 15) is 19.2 Å². The third-order valence-corrected chi connectivity index (χ3v) is 5.37. The zero-order valence-corrected chi connectivity index (χ0v) is 18.1. The Hall–Kier alpha value is -4.08. The van der Waals surface area contributed by atoms with E-state index in [0.717, 1.165) is 11.3 Å². The molecule has 1 aliphatic rings. The first-order valence-corrected chi connectivity index (χ1v) is 10.1. The van der Waals surface area contributed by atoms with E-state index in [1.165, 1.54) is 12.3 Å². The summed E-state index contributed by atoms with van der Waals surface area (Å²) in [6.07, 6.45) is 3.10. The number of carbonyl (C=O) groups is 1. The van der Waals surface area contributed by atoms with Crippen LogP contribution in [0.4, 0.5) is 5.82 Å². The number of hydrogen-bond donors (Lipinski definition) is 4. The highest BCUT2D eigenvalue weighted by atomic mass is 16.2. The number of pyridine rings is 2. The molecule has 0 spiro atoms. The summed E-state index contributed by atoms with van der Waals surface area (Å²) in [5.74, 6) is 0.169. The molecule has 0 atom stereocenters. The maximum absolute atomic E-state index is 13.1. The van der Waals surface area contributed by atoms with Crippen LogP contribution in [0.5, 0.6) is 0 Å². The predicted molar refractivity (Wildman–Crippen MR) is 119 cm³/mol. The van der Waals surface area contributed by atoms with E-state index in [4.69, 9.17) is 0 Å². The van der Waals surface area contributed by atoms with Gasteiger partial charge < -0.3 is 15.3 Å². The topological polar surface area (TPSA) is 144 Å². The summed E-state index contributed by atoms with van der Waals surface area (Å²) >= 11 is 0. The average Bonchev–Trinajstić information content (AvgIpc) is 2.67. The number of aryl methyl sites for hydroxylation is 2. The van der Waals surface area contributed by atoms with Gasteiger partial charge in [0.15, 0.2) is 5.69 Å². The Morgan fingerprint density at radius 3 is 2.53 bits per heavy atom. The second-order valence-corrected chi connectivity index (χ2v) is 8.03. The highest BCUT2D eigenvalue weighted by Gasteiger charge is 2.35. The summed E-state index contributed by atoms with van der Waals surface area (Å²) in [4.78, 5) is 60.9. The fourth-order valence-electron chi connectivity index (χ4n) is 3.68. The van der Waals surface area contributed by atoms with Gasteiger partial charge in [-0.2, -0.15) is 0 Å². The fourth-order valence-corrected chi connectivity index (χ4v) is 3.68. The van der Waals surface area contributed by atoms with Crippen LogP contribution in [-0.2, 0) is 6.54 Å². The standard InChI is InChI=1S/C22H22N6O4/c1-10(2)28-9-16-13(19(29)23-7-14-11(3)5-12(4)25-20(14)30)6-17(26-18(16)28)15-8-24-22(32)27-21(15)31/h5-6,8-10H,7H2,1-4H3,(H3,23,25,27,29,30,31,32)/p+1. The SMILES string of the molecule is Cc1cc(C)c(CNC(=O)c2cc(-c3c[nH]c(=O)[nH]c3=O)nc3c2C=[N+]3C(C)C)c(=O)[nH]1. The van der Waals surface area contributed by atoms with Crippen molar-refractivity contribution in [3.05, 3.63) is 77.5 Å². The number of rotatable bonds is 5. The lowest BCUT2D eigenvalue weighted by molar-refractivity contribution is -0.485. The van der Waals surface area contributed by atoms with Crippen molar-refractivity contribution in [2.75, 3.05) is 0 Å². The lowest BCUT2D eigenvalue weighted by Crippen LogP contribution is -2.33. The summed E-state index contributed by atoms with van der Waals surface area (Å²) in [5.41, 5.74) is 1.90. The molecule has 0 radical (unpaired) electrons. The summed E-state index contributed by atoms with van der Waals surface area (Å²) < 4.78 is 1.89. The molecule has 1 aliphatic heterocycles. The number of fused-ring (bicyclic) bond motifs is 1. The van der Waals surface area contributed by atoms with Gasteiger partial charge in [-0.05, 0) is 44.3 Å². The van der Waals surface area contributed by atoms with E-state index in [1.54, 1.807) is 6.92 Å². The number of nitrogens with zero attached hydrogens (tertiary/aromatic N) is 2. The monoisotopic (exact) mass is 435 g/mol. The number of amides is 1. The highest BCUT2D eigenvalue weighted by molar-refractivity contribution is 6.06. The van der Waals surface area contributed by atoms with Gasteiger partial charge in [-0.25, -0.2) is 9.37 Å². The molecule has 4 N–H and O–H groups in total. The minimum atomic E-state index is -0.628. The van der Waals surface area contributed by atoms with Gasteiger partial charge in [-0.15, -0.1) is 0 Å². The molecule has 0 saturated heterocycles. The van der Waals surface area contributed by atoms with Gasteiger partial charge in [0.05, 0.1) is 11.6 Å². The number of aromatic nitrogens is 4. The molecule has 10 nitrogen and oxygen atoms in total. The van der Waals surface area contributed by atoms with Crippen molar-refractivity contribution in [2.45, 2.75) is 40.3 Å². The lowest BCUT2D eigenvalue weighted by atomic mass is 10.0. The maximum Gasteiger partial charge on any atom is 0.335 e. The Kier molecular flexibility index (Phi) is 5.21. The highest BCUT2D eigenvalue weighted by Crippen LogP contribution is 2.31. The van der Waals surface area contributed by atoms with Crippen LogP contribution < -0.4 is 22.1 Å². The van der Waals surface area contributed by atoms with Gasteiger partial charge in [0.2, 0.25) is 0 Å². The average molecular weight is 435 g/mol. The molecule has 0 saturated carbocycles. The van der Waals surface area contributed by atoms with Crippen molar-refractivity contribution in [3.63, 3.8) is 0 Å². The second-order valence-electron chi connectivity index (χ2n) is 8.03. The van der Waals surface area contributed by atoms with E-state index in [1.807, 2.05) is 37.6 Å². The zero-order valence-electron chi connectivity index (χ0n) is 18.1. The van der Waals surface area contributed by atoms with Gasteiger partial charge in [0.1, 0.15) is 17.3 Å². The molecule has 4 rings (SSSR count). The largest absolute Gasteiger partial charge is 0.348 e. The van der Waals surface area contributed by atoms with Crippen LogP contribution in [0.25, 0.3) is 11.3 Å². The fraction of sp³-hybridized carbons (Fsp3) is 0.273. The first kappa shape index (κ1) is 21.2. The normalized spacial score (nSPS) is 12.2. The van der Waals surface area contributed by atoms with Crippen LogP contribution in [-0.4, -0.2) is 42.7 Å². The zero-order chi connectivity index (χ0) is 23.2. The summed E-state index contributed by atoms with van der Waals surface area (Å²) in [7, 11) is 0. The van der Waals surface area contributed by atoms with E-state index in [-0.39, 0.29) is 29.4 Å². The van der Waals surface area contributed by atoms with Crippen LogP contribution in [0.1, 0.15) is 46.6 Å². The Bertz CT molecular complexity index is 1460. The van der Waals surface area contributed by atoms with E-state index in [0.29, 0.717) is 22.5 Å². The molecule has 0 aromatic carbocycles. The van der Waals surface area contributed by atoms with Crippen molar-refractivity contribution < 1.29 is 9.37 Å². The number of hydrogen-bond acceptors (Lipinski definition) is 5. The quantitative estimate of drug-likeness (QED) is 0.439.